The van der Waals surface area contributed by atoms with Gasteiger partial charge in [0.1, 0.15) is 5.82 Å². The molecule has 106 valence electrons. The predicted molar refractivity (Wildman–Crippen MR) is 79.0 cm³/mol. The zero-order chi connectivity index (χ0) is 13.5. The van der Waals surface area contributed by atoms with Gasteiger partial charge in [0, 0.05) is 18.8 Å². The maximum Gasteiger partial charge on any atom is 0.128 e. The highest BCUT2D eigenvalue weighted by Crippen LogP contribution is 2.20. The summed E-state index contributed by atoms with van der Waals surface area (Å²) in [4.78, 5) is 11.3. The van der Waals surface area contributed by atoms with Crippen molar-refractivity contribution in [1.82, 2.24) is 14.9 Å². The molecule has 2 rings (SSSR count). The Labute approximate surface area is 117 Å². The quantitative estimate of drug-likeness (QED) is 0.787. The van der Waals surface area contributed by atoms with Crippen LogP contribution in [0.3, 0.4) is 0 Å². The molecule has 1 aromatic rings. The largest absolute Gasteiger partial charge is 0.303 e. The Morgan fingerprint density at radius 3 is 2.53 bits per heavy atom. The molecule has 1 aromatic heterocycles. The van der Waals surface area contributed by atoms with Gasteiger partial charge in [0.05, 0.1) is 0 Å². The lowest BCUT2D eigenvalue weighted by Gasteiger charge is -2.31. The van der Waals surface area contributed by atoms with E-state index in [1.807, 2.05) is 18.5 Å². The Morgan fingerprint density at radius 1 is 1.21 bits per heavy atom. The summed E-state index contributed by atoms with van der Waals surface area (Å²) in [6, 6.07) is 1.89. The van der Waals surface area contributed by atoms with Gasteiger partial charge in [-0.2, -0.15) is 0 Å². The fourth-order valence-corrected chi connectivity index (χ4v) is 2.83. The van der Waals surface area contributed by atoms with E-state index in [-0.39, 0.29) is 0 Å². The van der Waals surface area contributed by atoms with Gasteiger partial charge in [-0.15, -0.1) is 0 Å². The van der Waals surface area contributed by atoms with Crippen LogP contribution in [0.4, 0.5) is 0 Å². The van der Waals surface area contributed by atoms with E-state index < -0.39 is 0 Å². The van der Waals surface area contributed by atoms with E-state index in [0.29, 0.717) is 0 Å². The predicted octanol–water partition coefficient (Wildman–Crippen LogP) is 3.17. The minimum Gasteiger partial charge on any atom is -0.303 e. The minimum absolute atomic E-state index is 0.781. The maximum atomic E-state index is 4.34. The van der Waals surface area contributed by atoms with Crippen LogP contribution >= 0.6 is 0 Å². The average Bonchev–Trinajstić information content (AvgIpc) is 2.42. The van der Waals surface area contributed by atoms with Crippen molar-refractivity contribution in [3.05, 3.63) is 24.3 Å². The average molecular weight is 261 g/mol. The van der Waals surface area contributed by atoms with Crippen LogP contribution in [0, 0.1) is 11.8 Å². The highest BCUT2D eigenvalue weighted by molar-refractivity contribution is 4.91. The third kappa shape index (κ3) is 5.27. The van der Waals surface area contributed by atoms with Gasteiger partial charge in [0.25, 0.3) is 0 Å². The molecule has 0 bridgehead atoms. The fraction of sp³-hybridized carbons (Fsp3) is 0.750. The molecule has 1 aliphatic rings. The molecule has 0 spiro atoms. The molecule has 1 fully saturated rings. The first-order valence-electron chi connectivity index (χ1n) is 7.72. The number of hydrogen-bond donors (Lipinski definition) is 0. The highest BCUT2D eigenvalue weighted by Gasteiger charge is 2.19. The number of likely N-dealkylation sites (tertiary alicyclic amines) is 1. The van der Waals surface area contributed by atoms with Crippen molar-refractivity contribution in [3.63, 3.8) is 0 Å². The Kier molecular flexibility index (Phi) is 5.77. The number of rotatable bonds is 6. The van der Waals surface area contributed by atoms with Crippen molar-refractivity contribution < 1.29 is 0 Å². The van der Waals surface area contributed by atoms with Gasteiger partial charge >= 0.3 is 0 Å². The molecule has 19 heavy (non-hydrogen) atoms. The first kappa shape index (κ1) is 14.4. The molecular formula is C16H27N3. The molecule has 0 N–H and O–H groups in total. The summed E-state index contributed by atoms with van der Waals surface area (Å²) in [7, 11) is 0. The highest BCUT2D eigenvalue weighted by atomic mass is 15.1. The normalized spacial score (nSPS) is 18.1. The van der Waals surface area contributed by atoms with Gasteiger partial charge in [-0.05, 0) is 63.2 Å². The van der Waals surface area contributed by atoms with Gasteiger partial charge in [0.2, 0.25) is 0 Å². The summed E-state index contributed by atoms with van der Waals surface area (Å²) in [5.41, 5.74) is 0. The SMILES string of the molecule is CC(C)CCCN1CCC(Cc2ncccn2)CC1. The second-order valence-corrected chi connectivity index (χ2v) is 6.19. The summed E-state index contributed by atoms with van der Waals surface area (Å²) in [5, 5.41) is 0. The van der Waals surface area contributed by atoms with Gasteiger partial charge in [-0.1, -0.05) is 13.8 Å². The third-order valence-corrected chi connectivity index (χ3v) is 4.05. The van der Waals surface area contributed by atoms with Crippen LogP contribution in [0.15, 0.2) is 18.5 Å². The van der Waals surface area contributed by atoms with Crippen molar-refractivity contribution in [2.45, 2.75) is 46.0 Å². The van der Waals surface area contributed by atoms with E-state index in [4.69, 9.17) is 0 Å². The molecule has 0 radical (unpaired) electrons. The van der Waals surface area contributed by atoms with E-state index in [1.165, 1.54) is 45.3 Å². The molecule has 0 unspecified atom stereocenters. The van der Waals surface area contributed by atoms with E-state index >= 15 is 0 Å². The standard InChI is InChI=1S/C16H27N3/c1-14(2)5-3-10-19-11-6-15(7-12-19)13-16-17-8-4-9-18-16/h4,8-9,14-15H,3,5-7,10-13H2,1-2H3. The molecular weight excluding hydrogens is 234 g/mol. The fourth-order valence-electron chi connectivity index (χ4n) is 2.83. The smallest absolute Gasteiger partial charge is 0.128 e. The Morgan fingerprint density at radius 2 is 1.89 bits per heavy atom. The lowest BCUT2D eigenvalue weighted by Crippen LogP contribution is -2.35. The summed E-state index contributed by atoms with van der Waals surface area (Å²) in [5.74, 6) is 2.64. The molecule has 0 amide bonds. The number of piperidine rings is 1. The molecule has 1 saturated heterocycles. The third-order valence-electron chi connectivity index (χ3n) is 4.05. The Bertz CT molecular complexity index is 342. The zero-order valence-electron chi connectivity index (χ0n) is 12.4. The minimum atomic E-state index is 0.781. The van der Waals surface area contributed by atoms with Crippen molar-refractivity contribution in [3.8, 4) is 0 Å². The molecule has 3 nitrogen and oxygen atoms in total. The van der Waals surface area contributed by atoms with Crippen LogP contribution in [0.5, 0.6) is 0 Å². The van der Waals surface area contributed by atoms with Gasteiger partial charge in [-0.3, -0.25) is 0 Å². The summed E-state index contributed by atoms with van der Waals surface area (Å²) < 4.78 is 0. The van der Waals surface area contributed by atoms with E-state index in [0.717, 1.165) is 24.1 Å². The second-order valence-electron chi connectivity index (χ2n) is 6.19. The van der Waals surface area contributed by atoms with Crippen LogP contribution in [-0.2, 0) is 6.42 Å². The van der Waals surface area contributed by atoms with E-state index in [2.05, 4.69) is 28.7 Å². The monoisotopic (exact) mass is 261 g/mol. The van der Waals surface area contributed by atoms with Crippen molar-refractivity contribution in [2.24, 2.45) is 11.8 Å². The van der Waals surface area contributed by atoms with Crippen LogP contribution in [0.2, 0.25) is 0 Å². The number of nitrogens with zero attached hydrogens (tertiary/aromatic N) is 3. The van der Waals surface area contributed by atoms with Crippen LogP contribution in [-0.4, -0.2) is 34.5 Å². The molecule has 1 aliphatic heterocycles. The topological polar surface area (TPSA) is 29.0 Å². The molecule has 3 heteroatoms. The Balaban J connectivity index is 1.65. The lowest BCUT2D eigenvalue weighted by molar-refractivity contribution is 0.178. The van der Waals surface area contributed by atoms with E-state index in [1.54, 1.807) is 0 Å². The lowest BCUT2D eigenvalue weighted by atomic mass is 9.93. The molecule has 0 aliphatic carbocycles. The second kappa shape index (κ2) is 7.59. The van der Waals surface area contributed by atoms with Gasteiger partial charge in [-0.25, -0.2) is 9.97 Å². The molecule has 2 heterocycles. The van der Waals surface area contributed by atoms with E-state index in [9.17, 15) is 0 Å². The first-order valence-corrected chi connectivity index (χ1v) is 7.72. The number of hydrogen-bond acceptors (Lipinski definition) is 3. The first-order chi connectivity index (χ1) is 9.24. The number of aromatic nitrogens is 2. The molecule has 0 saturated carbocycles. The summed E-state index contributed by atoms with van der Waals surface area (Å²) in [6.45, 7) is 8.43. The van der Waals surface area contributed by atoms with Gasteiger partial charge < -0.3 is 4.90 Å². The summed E-state index contributed by atoms with van der Waals surface area (Å²) in [6.07, 6.45) is 10.1. The summed E-state index contributed by atoms with van der Waals surface area (Å²) >= 11 is 0. The van der Waals surface area contributed by atoms with Crippen molar-refractivity contribution in [2.75, 3.05) is 19.6 Å². The van der Waals surface area contributed by atoms with Gasteiger partial charge in [0.15, 0.2) is 0 Å². The molecule has 0 aromatic carbocycles. The molecule has 0 atom stereocenters. The zero-order valence-corrected chi connectivity index (χ0v) is 12.4. The van der Waals surface area contributed by atoms with Crippen molar-refractivity contribution in [1.29, 1.82) is 0 Å². The maximum absolute atomic E-state index is 4.34. The van der Waals surface area contributed by atoms with Crippen LogP contribution < -0.4 is 0 Å². The van der Waals surface area contributed by atoms with Crippen LogP contribution in [0.1, 0.15) is 45.4 Å². The van der Waals surface area contributed by atoms with Crippen LogP contribution in [0.25, 0.3) is 0 Å². The van der Waals surface area contributed by atoms with Crippen molar-refractivity contribution >= 4 is 0 Å². The Hall–Kier alpha value is -0.960.